The average molecular weight is 332 g/mol. The number of halogens is 3. The molecule has 0 aliphatic heterocycles. The number of hydrogen-bond donors (Lipinski definition) is 1. The molecule has 0 saturated carbocycles. The molecule has 1 aromatic carbocycles. The van der Waals surface area contributed by atoms with E-state index in [-0.39, 0.29) is 6.04 Å². The summed E-state index contributed by atoms with van der Waals surface area (Å²) in [5, 5.41) is 1.03. The fourth-order valence-electron chi connectivity index (χ4n) is 1.50. The Labute approximate surface area is 118 Å². The van der Waals surface area contributed by atoms with E-state index in [2.05, 4.69) is 20.9 Å². The van der Waals surface area contributed by atoms with E-state index in [9.17, 15) is 0 Å². The van der Waals surface area contributed by atoms with Crippen LogP contribution in [-0.4, -0.2) is 4.98 Å². The van der Waals surface area contributed by atoms with Gasteiger partial charge in [-0.15, -0.1) is 0 Å². The van der Waals surface area contributed by atoms with Crippen LogP contribution >= 0.6 is 39.1 Å². The van der Waals surface area contributed by atoms with Crippen LogP contribution < -0.4 is 5.73 Å². The molecular formula is C12H9BrCl2N2. The number of aromatic nitrogens is 1. The molecule has 1 heterocycles. The smallest absolute Gasteiger partial charge is 0.0595 e. The van der Waals surface area contributed by atoms with Crippen molar-refractivity contribution in [1.82, 2.24) is 4.98 Å². The fraction of sp³-hybridized carbons (Fsp3) is 0.0833. The highest BCUT2D eigenvalue weighted by Gasteiger charge is 2.11. The van der Waals surface area contributed by atoms with E-state index in [1.165, 1.54) is 0 Å². The van der Waals surface area contributed by atoms with Gasteiger partial charge in [0.05, 0.1) is 16.1 Å². The van der Waals surface area contributed by atoms with E-state index in [1.54, 1.807) is 24.5 Å². The molecule has 88 valence electrons. The molecule has 0 aliphatic rings. The molecule has 2 aromatic rings. The van der Waals surface area contributed by atoms with E-state index in [0.29, 0.717) is 10.0 Å². The zero-order valence-electron chi connectivity index (χ0n) is 8.70. The lowest BCUT2D eigenvalue weighted by atomic mass is 10.0. The van der Waals surface area contributed by atoms with Gasteiger partial charge in [-0.2, -0.15) is 0 Å². The van der Waals surface area contributed by atoms with Gasteiger partial charge in [0.15, 0.2) is 0 Å². The summed E-state index contributed by atoms with van der Waals surface area (Å²) >= 11 is 15.2. The summed E-state index contributed by atoms with van der Waals surface area (Å²) in [6.07, 6.45) is 3.45. The Morgan fingerprint density at radius 1 is 1.06 bits per heavy atom. The summed E-state index contributed by atoms with van der Waals surface area (Å²) in [5.41, 5.74) is 7.96. The van der Waals surface area contributed by atoms with Crippen molar-refractivity contribution < 1.29 is 0 Å². The van der Waals surface area contributed by atoms with Gasteiger partial charge in [0.2, 0.25) is 0 Å². The number of nitrogens with zero attached hydrogens (tertiary/aromatic N) is 1. The van der Waals surface area contributed by atoms with Gasteiger partial charge in [-0.25, -0.2) is 0 Å². The van der Waals surface area contributed by atoms with Crippen LogP contribution in [-0.2, 0) is 0 Å². The molecule has 1 aromatic heterocycles. The van der Waals surface area contributed by atoms with Gasteiger partial charge in [-0.1, -0.05) is 29.3 Å². The SMILES string of the molecule is NC(c1cncc(Br)c1)c1ccc(Cl)c(Cl)c1. The van der Waals surface area contributed by atoms with Crippen molar-refractivity contribution in [1.29, 1.82) is 0 Å². The number of hydrogen-bond acceptors (Lipinski definition) is 2. The number of benzene rings is 1. The van der Waals surface area contributed by atoms with Gasteiger partial charge < -0.3 is 5.73 Å². The molecule has 0 saturated heterocycles. The first-order valence-electron chi connectivity index (χ1n) is 4.89. The van der Waals surface area contributed by atoms with E-state index in [1.807, 2.05) is 12.1 Å². The van der Waals surface area contributed by atoms with E-state index >= 15 is 0 Å². The first kappa shape index (κ1) is 12.8. The van der Waals surface area contributed by atoms with Gasteiger partial charge >= 0.3 is 0 Å². The predicted octanol–water partition coefficient (Wildman–Crippen LogP) is 4.20. The molecule has 0 fully saturated rings. The normalized spacial score (nSPS) is 12.5. The van der Waals surface area contributed by atoms with Crippen LogP contribution in [0.1, 0.15) is 17.2 Å². The topological polar surface area (TPSA) is 38.9 Å². The zero-order valence-corrected chi connectivity index (χ0v) is 11.8. The molecule has 2 N–H and O–H groups in total. The lowest BCUT2D eigenvalue weighted by Gasteiger charge is -2.13. The van der Waals surface area contributed by atoms with Crippen LogP contribution in [0, 0.1) is 0 Å². The van der Waals surface area contributed by atoms with E-state index in [4.69, 9.17) is 28.9 Å². The summed E-state index contributed by atoms with van der Waals surface area (Å²) < 4.78 is 0.894. The fourth-order valence-corrected chi connectivity index (χ4v) is 2.19. The second-order valence-electron chi connectivity index (χ2n) is 3.59. The van der Waals surface area contributed by atoms with Crippen LogP contribution in [0.4, 0.5) is 0 Å². The Bertz CT molecular complexity index is 546. The molecule has 5 heteroatoms. The third kappa shape index (κ3) is 2.99. The van der Waals surface area contributed by atoms with Gasteiger partial charge in [0.25, 0.3) is 0 Å². The molecule has 17 heavy (non-hydrogen) atoms. The van der Waals surface area contributed by atoms with Crippen LogP contribution in [0.3, 0.4) is 0 Å². The largest absolute Gasteiger partial charge is 0.320 e. The maximum Gasteiger partial charge on any atom is 0.0595 e. The minimum Gasteiger partial charge on any atom is -0.320 e. The molecule has 0 spiro atoms. The van der Waals surface area contributed by atoms with Gasteiger partial charge in [-0.05, 0) is 45.3 Å². The molecule has 1 atom stereocenters. The molecule has 0 aliphatic carbocycles. The molecule has 2 rings (SSSR count). The highest BCUT2D eigenvalue weighted by Crippen LogP contribution is 2.28. The first-order valence-corrected chi connectivity index (χ1v) is 6.44. The van der Waals surface area contributed by atoms with Crippen molar-refractivity contribution in [3.63, 3.8) is 0 Å². The lowest BCUT2D eigenvalue weighted by molar-refractivity contribution is 0.862. The summed E-state index contributed by atoms with van der Waals surface area (Å²) in [6, 6.07) is 7.04. The molecule has 0 bridgehead atoms. The third-order valence-corrected chi connectivity index (χ3v) is 3.56. The Balaban J connectivity index is 2.36. The third-order valence-electron chi connectivity index (χ3n) is 2.39. The summed E-state index contributed by atoms with van der Waals surface area (Å²) in [6.45, 7) is 0. The summed E-state index contributed by atoms with van der Waals surface area (Å²) in [7, 11) is 0. The molecule has 2 nitrogen and oxygen atoms in total. The van der Waals surface area contributed by atoms with Crippen molar-refractivity contribution in [2.45, 2.75) is 6.04 Å². The second kappa shape index (κ2) is 5.36. The van der Waals surface area contributed by atoms with Crippen LogP contribution in [0.2, 0.25) is 10.0 Å². The van der Waals surface area contributed by atoms with Crippen molar-refractivity contribution in [3.8, 4) is 0 Å². The Kier molecular flexibility index (Phi) is 4.05. The number of rotatable bonds is 2. The zero-order chi connectivity index (χ0) is 12.4. The Morgan fingerprint density at radius 3 is 2.47 bits per heavy atom. The number of pyridine rings is 1. The summed E-state index contributed by atoms with van der Waals surface area (Å²) in [4.78, 5) is 4.08. The lowest BCUT2D eigenvalue weighted by Crippen LogP contribution is -2.12. The van der Waals surface area contributed by atoms with Gasteiger partial charge in [0, 0.05) is 16.9 Å². The molecule has 0 amide bonds. The van der Waals surface area contributed by atoms with Crippen molar-refractivity contribution in [2.24, 2.45) is 5.73 Å². The molecule has 1 unspecified atom stereocenters. The highest BCUT2D eigenvalue weighted by atomic mass is 79.9. The first-order chi connectivity index (χ1) is 8.08. The highest BCUT2D eigenvalue weighted by molar-refractivity contribution is 9.10. The predicted molar refractivity (Wildman–Crippen MR) is 74.4 cm³/mol. The standard InChI is InChI=1S/C12H9BrCl2N2/c13-9-3-8(5-17-6-9)12(16)7-1-2-10(14)11(15)4-7/h1-6,12H,16H2. The maximum absolute atomic E-state index is 6.14. The average Bonchev–Trinajstić information content (AvgIpc) is 2.32. The Hall–Kier alpha value is -0.610. The van der Waals surface area contributed by atoms with Crippen LogP contribution in [0.5, 0.6) is 0 Å². The minimum atomic E-state index is -0.269. The van der Waals surface area contributed by atoms with Crippen LogP contribution in [0.15, 0.2) is 41.1 Å². The maximum atomic E-state index is 6.14. The van der Waals surface area contributed by atoms with Gasteiger partial charge in [0.1, 0.15) is 0 Å². The van der Waals surface area contributed by atoms with Crippen molar-refractivity contribution in [3.05, 3.63) is 62.3 Å². The van der Waals surface area contributed by atoms with E-state index < -0.39 is 0 Å². The van der Waals surface area contributed by atoms with Gasteiger partial charge in [-0.3, -0.25) is 4.98 Å². The summed E-state index contributed by atoms with van der Waals surface area (Å²) in [5.74, 6) is 0. The number of nitrogens with two attached hydrogens (primary N) is 1. The second-order valence-corrected chi connectivity index (χ2v) is 5.32. The van der Waals surface area contributed by atoms with Crippen molar-refractivity contribution >= 4 is 39.1 Å². The minimum absolute atomic E-state index is 0.269. The Morgan fingerprint density at radius 2 is 1.82 bits per heavy atom. The van der Waals surface area contributed by atoms with Crippen molar-refractivity contribution in [2.75, 3.05) is 0 Å². The van der Waals surface area contributed by atoms with E-state index in [0.717, 1.165) is 15.6 Å². The quantitative estimate of drug-likeness (QED) is 0.895. The molecular weight excluding hydrogens is 323 g/mol. The molecule has 0 radical (unpaired) electrons. The van der Waals surface area contributed by atoms with Crippen LogP contribution in [0.25, 0.3) is 0 Å². The monoisotopic (exact) mass is 330 g/mol.